The SMILES string of the molecule is CCc1c(N)cccc1CN1CCN(C(C)=O)CC1.Cc1ccc(NO)cn1.[HH].[HH]. The quantitative estimate of drug-likeness (QED) is 0.549. The van der Waals surface area contributed by atoms with Crippen LogP contribution in [-0.2, 0) is 17.8 Å². The van der Waals surface area contributed by atoms with E-state index in [2.05, 4.69) is 22.9 Å². The van der Waals surface area contributed by atoms with Crippen molar-refractivity contribution in [3.63, 3.8) is 0 Å². The van der Waals surface area contributed by atoms with E-state index in [-0.39, 0.29) is 8.76 Å². The van der Waals surface area contributed by atoms with Gasteiger partial charge >= 0.3 is 0 Å². The lowest BCUT2D eigenvalue weighted by Crippen LogP contribution is -2.47. The first-order chi connectivity index (χ1) is 13.4. The van der Waals surface area contributed by atoms with Crippen molar-refractivity contribution in [3.05, 3.63) is 53.3 Å². The van der Waals surface area contributed by atoms with Crippen LogP contribution in [0.25, 0.3) is 0 Å². The van der Waals surface area contributed by atoms with Crippen LogP contribution in [0, 0.1) is 6.92 Å². The largest absolute Gasteiger partial charge is 0.398 e. The first kappa shape index (κ1) is 21.7. The van der Waals surface area contributed by atoms with E-state index in [1.807, 2.05) is 35.5 Å². The van der Waals surface area contributed by atoms with E-state index < -0.39 is 0 Å². The molecule has 1 aliphatic rings. The number of aromatic nitrogens is 1. The van der Waals surface area contributed by atoms with Crippen LogP contribution in [-0.4, -0.2) is 52.1 Å². The van der Waals surface area contributed by atoms with Gasteiger partial charge in [-0.2, -0.15) is 0 Å². The number of amides is 1. The summed E-state index contributed by atoms with van der Waals surface area (Å²) < 4.78 is 0. The zero-order valence-corrected chi connectivity index (χ0v) is 17.0. The second-order valence-corrected chi connectivity index (χ2v) is 6.92. The summed E-state index contributed by atoms with van der Waals surface area (Å²) in [7, 11) is 0. The molecule has 0 saturated carbocycles. The Bertz CT molecular complexity index is 766. The van der Waals surface area contributed by atoms with Crippen LogP contribution in [0.5, 0.6) is 0 Å². The maximum atomic E-state index is 11.3. The Labute approximate surface area is 170 Å². The van der Waals surface area contributed by atoms with Gasteiger partial charge in [-0.25, -0.2) is 0 Å². The number of piperazine rings is 1. The zero-order valence-electron chi connectivity index (χ0n) is 17.0. The third kappa shape index (κ3) is 6.21. The number of pyridine rings is 1. The Morgan fingerprint density at radius 2 is 1.96 bits per heavy atom. The molecule has 1 aromatic carbocycles. The number of nitrogens with two attached hydrogens (primary N) is 1. The van der Waals surface area contributed by atoms with Crippen LogP contribution in [0.1, 0.15) is 33.5 Å². The first-order valence-corrected chi connectivity index (χ1v) is 9.61. The lowest BCUT2D eigenvalue weighted by atomic mass is 10.0. The van der Waals surface area contributed by atoms with Gasteiger partial charge in [-0.05, 0) is 42.7 Å². The minimum Gasteiger partial charge on any atom is -0.398 e. The Balaban J connectivity index is 0.000000652. The molecule has 7 nitrogen and oxygen atoms in total. The molecule has 2 heterocycles. The number of hydrogen-bond acceptors (Lipinski definition) is 6. The fourth-order valence-corrected chi connectivity index (χ4v) is 3.23. The molecule has 28 heavy (non-hydrogen) atoms. The first-order valence-electron chi connectivity index (χ1n) is 9.61. The van der Waals surface area contributed by atoms with Gasteiger partial charge in [0, 0.05) is 53.9 Å². The number of hydrogen-bond donors (Lipinski definition) is 3. The molecule has 0 spiro atoms. The van der Waals surface area contributed by atoms with Gasteiger partial charge in [0.1, 0.15) is 0 Å². The second-order valence-electron chi connectivity index (χ2n) is 6.92. The van der Waals surface area contributed by atoms with Crippen molar-refractivity contribution in [2.75, 3.05) is 37.4 Å². The molecule has 3 rings (SSSR count). The number of anilines is 2. The normalized spacial score (nSPS) is 14.2. The predicted octanol–water partition coefficient (Wildman–Crippen LogP) is 3.18. The summed E-state index contributed by atoms with van der Waals surface area (Å²) in [6.07, 6.45) is 2.53. The Morgan fingerprint density at radius 3 is 2.50 bits per heavy atom. The molecule has 7 heteroatoms. The second kappa shape index (κ2) is 10.6. The van der Waals surface area contributed by atoms with Gasteiger partial charge in [0.05, 0.1) is 11.9 Å². The van der Waals surface area contributed by atoms with Crippen molar-refractivity contribution in [2.45, 2.75) is 33.7 Å². The van der Waals surface area contributed by atoms with Crippen molar-refractivity contribution in [3.8, 4) is 0 Å². The number of nitrogens with zero attached hydrogens (tertiary/aromatic N) is 3. The maximum absolute atomic E-state index is 11.3. The van der Waals surface area contributed by atoms with E-state index in [0.717, 1.165) is 50.5 Å². The molecule has 1 amide bonds. The molecule has 0 unspecified atom stereocenters. The summed E-state index contributed by atoms with van der Waals surface area (Å²) in [4.78, 5) is 19.5. The zero-order chi connectivity index (χ0) is 20.5. The topological polar surface area (TPSA) is 94.7 Å². The molecule has 0 aliphatic carbocycles. The van der Waals surface area contributed by atoms with Gasteiger partial charge in [0.2, 0.25) is 5.91 Å². The maximum Gasteiger partial charge on any atom is 0.219 e. The van der Waals surface area contributed by atoms with Crippen molar-refractivity contribution in [1.29, 1.82) is 0 Å². The van der Waals surface area contributed by atoms with Crippen molar-refractivity contribution < 1.29 is 12.9 Å². The van der Waals surface area contributed by atoms with Crippen LogP contribution in [0.3, 0.4) is 0 Å². The highest BCUT2D eigenvalue weighted by atomic mass is 16.5. The van der Waals surface area contributed by atoms with E-state index in [9.17, 15) is 4.79 Å². The Hall–Kier alpha value is -2.64. The van der Waals surface area contributed by atoms with E-state index in [1.165, 1.54) is 11.1 Å². The van der Waals surface area contributed by atoms with Gasteiger partial charge in [-0.15, -0.1) is 0 Å². The van der Waals surface area contributed by atoms with Crippen LogP contribution in [0.2, 0.25) is 0 Å². The number of benzene rings is 1. The smallest absolute Gasteiger partial charge is 0.219 e. The molecule has 0 atom stereocenters. The third-order valence-electron chi connectivity index (χ3n) is 4.91. The van der Waals surface area contributed by atoms with Crippen molar-refractivity contribution in [2.24, 2.45) is 0 Å². The van der Waals surface area contributed by atoms with E-state index in [1.54, 1.807) is 19.2 Å². The van der Waals surface area contributed by atoms with E-state index >= 15 is 0 Å². The van der Waals surface area contributed by atoms with Crippen molar-refractivity contribution >= 4 is 17.3 Å². The van der Waals surface area contributed by atoms with Gasteiger partial charge in [0.25, 0.3) is 0 Å². The molecule has 156 valence electrons. The summed E-state index contributed by atoms with van der Waals surface area (Å²) in [5.74, 6) is 0.179. The van der Waals surface area contributed by atoms with E-state index in [4.69, 9.17) is 10.9 Å². The summed E-state index contributed by atoms with van der Waals surface area (Å²) in [6, 6.07) is 9.72. The fourth-order valence-electron chi connectivity index (χ4n) is 3.23. The third-order valence-corrected chi connectivity index (χ3v) is 4.91. The molecular weight excluding hydrogens is 354 g/mol. The summed E-state index contributed by atoms with van der Waals surface area (Å²) in [5, 5.41) is 8.34. The number of carbonyl (C=O) groups excluding carboxylic acids is 1. The lowest BCUT2D eigenvalue weighted by molar-refractivity contribution is -0.130. The highest BCUT2D eigenvalue weighted by Crippen LogP contribution is 2.20. The molecule has 1 aliphatic heterocycles. The van der Waals surface area contributed by atoms with Crippen molar-refractivity contribution in [1.82, 2.24) is 14.8 Å². The lowest BCUT2D eigenvalue weighted by Gasteiger charge is -2.34. The molecule has 4 N–H and O–H groups in total. The minimum absolute atomic E-state index is 0. The van der Waals surface area contributed by atoms with Crippen LogP contribution in [0.15, 0.2) is 36.5 Å². The van der Waals surface area contributed by atoms with Crippen LogP contribution < -0.4 is 11.2 Å². The van der Waals surface area contributed by atoms with E-state index in [0.29, 0.717) is 5.69 Å². The molecule has 2 aromatic rings. The van der Waals surface area contributed by atoms with Gasteiger partial charge < -0.3 is 10.6 Å². The average Bonchev–Trinajstić information content (AvgIpc) is 2.70. The highest BCUT2D eigenvalue weighted by Gasteiger charge is 2.19. The Kier molecular flexibility index (Phi) is 8.22. The van der Waals surface area contributed by atoms with Crippen LogP contribution >= 0.6 is 0 Å². The number of nitrogens with one attached hydrogen (secondary N) is 1. The summed E-state index contributed by atoms with van der Waals surface area (Å²) >= 11 is 0. The van der Waals surface area contributed by atoms with Gasteiger partial charge in [-0.3, -0.25) is 25.4 Å². The molecule has 0 radical (unpaired) electrons. The number of carbonyl (C=O) groups is 1. The molecule has 0 bridgehead atoms. The number of nitrogen functional groups attached to an aromatic ring is 1. The minimum atomic E-state index is 0. The standard InChI is InChI=1S/C15H23N3O.C6H8N2O.2H2/c1-3-14-13(5-4-6-15(14)16)11-17-7-9-18(10-8-17)12(2)19;1-5-2-3-6(8-9)4-7-5;;/h4-6H,3,7-11,16H2,1-2H3;2-4,8-9H,1H3;2*1H. The average molecular weight is 390 g/mol. The molecule has 1 aromatic heterocycles. The number of rotatable bonds is 4. The molecule has 1 fully saturated rings. The van der Waals surface area contributed by atoms with Crippen LogP contribution in [0.4, 0.5) is 11.4 Å². The van der Waals surface area contributed by atoms with Gasteiger partial charge in [-0.1, -0.05) is 19.1 Å². The Morgan fingerprint density at radius 1 is 1.25 bits per heavy atom. The fraction of sp³-hybridized carbons (Fsp3) is 0.429. The van der Waals surface area contributed by atoms with Gasteiger partial charge in [0.15, 0.2) is 0 Å². The summed E-state index contributed by atoms with van der Waals surface area (Å²) in [6.45, 7) is 10.2. The summed E-state index contributed by atoms with van der Waals surface area (Å²) in [5.41, 5.74) is 13.0. The highest BCUT2D eigenvalue weighted by molar-refractivity contribution is 5.73. The predicted molar refractivity (Wildman–Crippen MR) is 116 cm³/mol. The molecular formula is C21H35N5O2. The number of aryl methyl sites for hydroxylation is 1. The monoisotopic (exact) mass is 389 g/mol. The molecule has 1 saturated heterocycles.